The van der Waals surface area contributed by atoms with Gasteiger partial charge in [-0.05, 0) is 0 Å². The summed E-state index contributed by atoms with van der Waals surface area (Å²) < 4.78 is 4.60. The van der Waals surface area contributed by atoms with Crippen LogP contribution in [0.3, 0.4) is 0 Å². The molecule has 1 aromatic rings. The van der Waals surface area contributed by atoms with Gasteiger partial charge in [0.25, 0.3) is 0 Å². The Morgan fingerprint density at radius 1 is 1.55 bits per heavy atom. The standard InChI is InChI=1S/C11H16N4O5/c1-15(11(18)19)5-9(16)14-8(10(17)20-2)3-7-4-12-6-13-7/h4,6,8H,3,5H2,1-2H3,(H,12,13)(H,14,16)(H,18,19)/t8-/m0/s1. The average molecular weight is 284 g/mol. The highest BCUT2D eigenvalue weighted by molar-refractivity contribution is 5.87. The number of amides is 2. The van der Waals surface area contributed by atoms with Gasteiger partial charge in [-0.25, -0.2) is 14.6 Å². The van der Waals surface area contributed by atoms with E-state index < -0.39 is 24.0 Å². The normalized spacial score (nSPS) is 11.5. The number of hydrogen-bond donors (Lipinski definition) is 3. The van der Waals surface area contributed by atoms with Crippen LogP contribution in [0.5, 0.6) is 0 Å². The number of methoxy groups -OCH3 is 1. The van der Waals surface area contributed by atoms with Crippen molar-refractivity contribution in [3.05, 3.63) is 18.2 Å². The van der Waals surface area contributed by atoms with Gasteiger partial charge in [-0.2, -0.15) is 0 Å². The summed E-state index contributed by atoms with van der Waals surface area (Å²) in [5, 5.41) is 11.1. The fraction of sp³-hybridized carbons (Fsp3) is 0.455. The van der Waals surface area contributed by atoms with Crippen LogP contribution in [0.1, 0.15) is 5.69 Å². The van der Waals surface area contributed by atoms with Gasteiger partial charge >= 0.3 is 12.1 Å². The van der Waals surface area contributed by atoms with Crippen molar-refractivity contribution in [3.8, 4) is 0 Å². The minimum absolute atomic E-state index is 0.176. The van der Waals surface area contributed by atoms with Crippen molar-refractivity contribution < 1.29 is 24.2 Å². The van der Waals surface area contributed by atoms with Crippen LogP contribution in [0.2, 0.25) is 0 Å². The minimum atomic E-state index is -1.23. The summed E-state index contributed by atoms with van der Waals surface area (Å²) in [5.74, 6) is -1.21. The first-order valence-electron chi connectivity index (χ1n) is 5.72. The molecule has 3 N–H and O–H groups in total. The molecule has 0 unspecified atom stereocenters. The third kappa shape index (κ3) is 4.59. The van der Waals surface area contributed by atoms with Crippen LogP contribution in [0.25, 0.3) is 0 Å². The summed E-state index contributed by atoms with van der Waals surface area (Å²) in [4.78, 5) is 41.3. The van der Waals surface area contributed by atoms with E-state index >= 15 is 0 Å². The Balaban J connectivity index is 2.63. The molecule has 1 rings (SSSR count). The van der Waals surface area contributed by atoms with Crippen LogP contribution in [0.4, 0.5) is 4.79 Å². The first-order valence-corrected chi connectivity index (χ1v) is 5.72. The van der Waals surface area contributed by atoms with Crippen LogP contribution in [-0.2, 0) is 20.7 Å². The van der Waals surface area contributed by atoms with Gasteiger partial charge in [0, 0.05) is 25.4 Å². The van der Waals surface area contributed by atoms with E-state index in [9.17, 15) is 14.4 Å². The summed E-state index contributed by atoms with van der Waals surface area (Å²) in [7, 11) is 2.46. The maximum Gasteiger partial charge on any atom is 0.407 e. The Hall–Kier alpha value is -2.58. The molecule has 0 aliphatic carbocycles. The maximum absolute atomic E-state index is 11.7. The lowest BCUT2D eigenvalue weighted by molar-refractivity contribution is -0.145. The number of nitrogens with zero attached hydrogens (tertiary/aromatic N) is 2. The monoisotopic (exact) mass is 284 g/mol. The van der Waals surface area contributed by atoms with Crippen molar-refractivity contribution in [2.45, 2.75) is 12.5 Å². The number of esters is 1. The first kappa shape index (κ1) is 15.5. The second-order valence-electron chi connectivity index (χ2n) is 4.06. The number of rotatable bonds is 6. The van der Waals surface area contributed by atoms with Gasteiger partial charge in [0.15, 0.2) is 0 Å². The number of aromatic nitrogens is 2. The molecule has 9 nitrogen and oxygen atoms in total. The lowest BCUT2D eigenvalue weighted by atomic mass is 10.1. The van der Waals surface area contributed by atoms with E-state index in [1.165, 1.54) is 26.7 Å². The summed E-state index contributed by atoms with van der Waals surface area (Å²) in [6.45, 7) is -0.369. The molecule has 0 aliphatic rings. The number of likely N-dealkylation sites (N-methyl/N-ethyl adjacent to an activating group) is 1. The number of H-pyrrole nitrogens is 1. The number of imidazole rings is 1. The fourth-order valence-electron chi connectivity index (χ4n) is 1.47. The molecule has 0 saturated heterocycles. The van der Waals surface area contributed by atoms with Gasteiger partial charge in [0.1, 0.15) is 12.6 Å². The minimum Gasteiger partial charge on any atom is -0.467 e. The van der Waals surface area contributed by atoms with E-state index in [-0.39, 0.29) is 13.0 Å². The van der Waals surface area contributed by atoms with Crippen molar-refractivity contribution in [3.63, 3.8) is 0 Å². The molecule has 0 aromatic carbocycles. The smallest absolute Gasteiger partial charge is 0.407 e. The van der Waals surface area contributed by atoms with E-state index in [1.54, 1.807) is 0 Å². The van der Waals surface area contributed by atoms with Crippen molar-refractivity contribution in [2.24, 2.45) is 0 Å². The Bertz CT molecular complexity index is 473. The van der Waals surface area contributed by atoms with Gasteiger partial charge in [-0.3, -0.25) is 4.79 Å². The highest BCUT2D eigenvalue weighted by Gasteiger charge is 2.23. The summed E-state index contributed by atoms with van der Waals surface area (Å²) in [6, 6.07) is -0.907. The van der Waals surface area contributed by atoms with E-state index in [0.29, 0.717) is 5.69 Å². The van der Waals surface area contributed by atoms with Gasteiger partial charge in [0.05, 0.1) is 13.4 Å². The largest absolute Gasteiger partial charge is 0.467 e. The quantitative estimate of drug-likeness (QED) is 0.588. The third-order valence-electron chi connectivity index (χ3n) is 2.51. The number of nitrogens with one attached hydrogen (secondary N) is 2. The molecule has 2 amide bonds. The number of hydrogen-bond acceptors (Lipinski definition) is 5. The summed E-state index contributed by atoms with van der Waals surface area (Å²) in [6.07, 6.45) is 1.91. The molecular formula is C11H16N4O5. The van der Waals surface area contributed by atoms with Gasteiger partial charge in [-0.15, -0.1) is 0 Å². The van der Waals surface area contributed by atoms with E-state index in [2.05, 4.69) is 20.0 Å². The SMILES string of the molecule is COC(=O)[C@H](Cc1cnc[nH]1)NC(=O)CN(C)C(=O)O. The van der Waals surface area contributed by atoms with Crippen molar-refractivity contribution >= 4 is 18.0 Å². The van der Waals surface area contributed by atoms with Crippen LogP contribution in [0.15, 0.2) is 12.5 Å². The van der Waals surface area contributed by atoms with E-state index in [0.717, 1.165) is 4.90 Å². The zero-order valence-electron chi connectivity index (χ0n) is 11.1. The predicted octanol–water partition coefficient (Wildman–Crippen LogP) is -0.780. The lowest BCUT2D eigenvalue weighted by Crippen LogP contribution is -2.47. The van der Waals surface area contributed by atoms with Gasteiger partial charge in [-0.1, -0.05) is 0 Å². The van der Waals surface area contributed by atoms with Crippen molar-refractivity contribution in [1.82, 2.24) is 20.2 Å². The van der Waals surface area contributed by atoms with Crippen LogP contribution in [-0.4, -0.2) is 64.7 Å². The molecule has 0 spiro atoms. The van der Waals surface area contributed by atoms with Crippen LogP contribution < -0.4 is 5.32 Å². The fourth-order valence-corrected chi connectivity index (χ4v) is 1.47. The molecule has 0 aliphatic heterocycles. The highest BCUT2D eigenvalue weighted by Crippen LogP contribution is 2.00. The molecule has 1 atom stereocenters. The van der Waals surface area contributed by atoms with Crippen LogP contribution >= 0.6 is 0 Å². The predicted molar refractivity (Wildman–Crippen MR) is 66.9 cm³/mol. The Labute approximate surface area is 114 Å². The van der Waals surface area contributed by atoms with Gasteiger partial charge in [0.2, 0.25) is 5.91 Å². The number of aromatic amines is 1. The molecule has 20 heavy (non-hydrogen) atoms. The molecule has 1 heterocycles. The number of carbonyl (C=O) groups is 3. The second-order valence-corrected chi connectivity index (χ2v) is 4.06. The summed E-state index contributed by atoms with van der Waals surface area (Å²) in [5.41, 5.74) is 0.646. The topological polar surface area (TPSA) is 125 Å². The zero-order valence-corrected chi connectivity index (χ0v) is 11.1. The average Bonchev–Trinajstić information content (AvgIpc) is 2.89. The second kappa shape index (κ2) is 7.12. The Kier molecular flexibility index (Phi) is 5.51. The number of carbonyl (C=O) groups excluding carboxylic acids is 2. The molecule has 0 radical (unpaired) electrons. The van der Waals surface area contributed by atoms with Crippen molar-refractivity contribution in [1.29, 1.82) is 0 Å². The molecule has 110 valence electrons. The maximum atomic E-state index is 11.7. The number of ether oxygens (including phenoxy) is 1. The van der Waals surface area contributed by atoms with E-state index in [4.69, 9.17) is 5.11 Å². The number of carboxylic acid groups (broad SMARTS) is 1. The zero-order chi connectivity index (χ0) is 15.1. The van der Waals surface area contributed by atoms with Gasteiger partial charge < -0.3 is 25.0 Å². The molecule has 0 bridgehead atoms. The molecule has 0 fully saturated rings. The molecule has 9 heteroatoms. The van der Waals surface area contributed by atoms with Crippen LogP contribution in [0, 0.1) is 0 Å². The molecule has 0 saturated carbocycles. The molecule has 1 aromatic heterocycles. The first-order chi connectivity index (χ1) is 9.43. The highest BCUT2D eigenvalue weighted by atomic mass is 16.5. The Morgan fingerprint density at radius 3 is 2.75 bits per heavy atom. The van der Waals surface area contributed by atoms with E-state index in [1.807, 2.05) is 0 Å². The summed E-state index contributed by atoms with van der Waals surface area (Å²) >= 11 is 0. The Morgan fingerprint density at radius 2 is 2.25 bits per heavy atom. The molecular weight excluding hydrogens is 268 g/mol. The lowest BCUT2D eigenvalue weighted by Gasteiger charge is -2.18. The third-order valence-corrected chi connectivity index (χ3v) is 2.51. The van der Waals surface area contributed by atoms with Crippen molar-refractivity contribution in [2.75, 3.05) is 20.7 Å².